The van der Waals surface area contributed by atoms with E-state index in [1.807, 2.05) is 26.0 Å². The summed E-state index contributed by atoms with van der Waals surface area (Å²) in [6.45, 7) is 3.81. The molecule has 0 heterocycles. The van der Waals surface area contributed by atoms with Crippen LogP contribution in [-0.4, -0.2) is 7.11 Å². The molecular formula is C16H17F2NO. The zero-order valence-corrected chi connectivity index (χ0v) is 11.7. The largest absolute Gasteiger partial charge is 0.496 e. The minimum absolute atomic E-state index is 0.121. The molecule has 2 rings (SSSR count). The molecule has 0 aliphatic rings. The van der Waals surface area contributed by atoms with E-state index in [0.717, 1.165) is 29.3 Å². The molecule has 0 spiro atoms. The van der Waals surface area contributed by atoms with Crippen LogP contribution in [0.25, 0.3) is 0 Å². The number of hydrogen-bond acceptors (Lipinski definition) is 2. The molecule has 0 saturated heterocycles. The topological polar surface area (TPSA) is 35.2 Å². The summed E-state index contributed by atoms with van der Waals surface area (Å²) in [6.07, 6.45) is 0. The van der Waals surface area contributed by atoms with E-state index in [1.54, 1.807) is 0 Å². The minimum atomic E-state index is -0.777. The van der Waals surface area contributed by atoms with Gasteiger partial charge in [-0.25, -0.2) is 8.78 Å². The van der Waals surface area contributed by atoms with Crippen LogP contribution in [0.4, 0.5) is 8.78 Å². The Morgan fingerprint density at radius 3 is 2.45 bits per heavy atom. The van der Waals surface area contributed by atoms with Crippen molar-refractivity contribution < 1.29 is 13.5 Å². The highest BCUT2D eigenvalue weighted by atomic mass is 19.1. The summed E-state index contributed by atoms with van der Waals surface area (Å²) in [6, 6.07) is 6.28. The van der Waals surface area contributed by atoms with Gasteiger partial charge >= 0.3 is 0 Å². The van der Waals surface area contributed by atoms with Crippen molar-refractivity contribution in [1.29, 1.82) is 0 Å². The SMILES string of the molecule is COc1cc(C)cc(C)c1C(N)c1cc(F)ccc1F. The zero-order chi connectivity index (χ0) is 14.9. The van der Waals surface area contributed by atoms with E-state index in [-0.39, 0.29) is 5.56 Å². The van der Waals surface area contributed by atoms with Crippen molar-refractivity contribution in [2.75, 3.05) is 7.11 Å². The zero-order valence-electron chi connectivity index (χ0n) is 11.7. The van der Waals surface area contributed by atoms with Crippen LogP contribution in [0.3, 0.4) is 0 Å². The fraction of sp³-hybridized carbons (Fsp3) is 0.250. The fourth-order valence-corrected chi connectivity index (χ4v) is 2.42. The molecule has 0 fully saturated rings. The summed E-state index contributed by atoms with van der Waals surface area (Å²) in [4.78, 5) is 0. The molecule has 0 aliphatic carbocycles. The smallest absolute Gasteiger partial charge is 0.128 e. The Hall–Kier alpha value is -1.94. The highest BCUT2D eigenvalue weighted by molar-refractivity contribution is 5.48. The lowest BCUT2D eigenvalue weighted by atomic mass is 9.93. The van der Waals surface area contributed by atoms with Gasteiger partial charge in [0.2, 0.25) is 0 Å². The molecule has 2 aromatic rings. The normalized spacial score (nSPS) is 12.3. The van der Waals surface area contributed by atoms with Gasteiger partial charge in [0, 0.05) is 11.1 Å². The second-order valence-corrected chi connectivity index (χ2v) is 4.84. The maximum Gasteiger partial charge on any atom is 0.128 e. The van der Waals surface area contributed by atoms with Crippen molar-refractivity contribution in [3.05, 3.63) is 64.2 Å². The predicted molar refractivity (Wildman–Crippen MR) is 74.9 cm³/mol. The minimum Gasteiger partial charge on any atom is -0.496 e. The molecule has 106 valence electrons. The lowest BCUT2D eigenvalue weighted by molar-refractivity contribution is 0.406. The van der Waals surface area contributed by atoms with Gasteiger partial charge in [-0.15, -0.1) is 0 Å². The van der Waals surface area contributed by atoms with E-state index in [2.05, 4.69) is 0 Å². The monoisotopic (exact) mass is 277 g/mol. The molecule has 4 heteroatoms. The number of halogens is 2. The molecule has 0 saturated carbocycles. The van der Waals surface area contributed by atoms with Crippen molar-refractivity contribution in [3.63, 3.8) is 0 Å². The third kappa shape index (κ3) is 2.65. The summed E-state index contributed by atoms with van der Waals surface area (Å²) >= 11 is 0. The molecule has 2 aromatic carbocycles. The van der Waals surface area contributed by atoms with Crippen LogP contribution in [0.2, 0.25) is 0 Å². The van der Waals surface area contributed by atoms with E-state index in [0.29, 0.717) is 11.3 Å². The summed E-state index contributed by atoms with van der Waals surface area (Å²) in [5.41, 5.74) is 8.83. The van der Waals surface area contributed by atoms with Crippen LogP contribution in [0.1, 0.15) is 28.3 Å². The molecule has 1 atom stereocenters. The third-order valence-electron chi connectivity index (χ3n) is 3.32. The lowest BCUT2D eigenvalue weighted by Gasteiger charge is -2.20. The predicted octanol–water partition coefficient (Wildman–Crippen LogP) is 3.64. The summed E-state index contributed by atoms with van der Waals surface area (Å²) in [5.74, 6) is -0.458. The van der Waals surface area contributed by atoms with Gasteiger partial charge in [0.25, 0.3) is 0 Å². The molecule has 0 amide bonds. The first kappa shape index (κ1) is 14.5. The maximum atomic E-state index is 13.9. The maximum absolute atomic E-state index is 13.9. The fourth-order valence-electron chi connectivity index (χ4n) is 2.42. The summed E-state index contributed by atoms with van der Waals surface area (Å²) < 4.78 is 32.5. The number of aryl methyl sites for hydroxylation is 2. The number of ether oxygens (including phenoxy) is 1. The Kier molecular flexibility index (Phi) is 4.04. The van der Waals surface area contributed by atoms with Gasteiger partial charge in [0.05, 0.1) is 13.2 Å². The Morgan fingerprint density at radius 2 is 1.80 bits per heavy atom. The number of hydrogen-bond donors (Lipinski definition) is 1. The van der Waals surface area contributed by atoms with Gasteiger partial charge in [0.15, 0.2) is 0 Å². The average molecular weight is 277 g/mol. The second kappa shape index (κ2) is 5.59. The molecule has 0 radical (unpaired) electrons. The number of benzene rings is 2. The van der Waals surface area contributed by atoms with Crippen LogP contribution in [-0.2, 0) is 0 Å². The summed E-state index contributed by atoms with van der Waals surface area (Å²) in [5, 5.41) is 0. The van der Waals surface area contributed by atoms with Crippen molar-refractivity contribution >= 4 is 0 Å². The second-order valence-electron chi connectivity index (χ2n) is 4.84. The first-order chi connectivity index (χ1) is 9.43. The molecule has 0 aliphatic heterocycles. The van der Waals surface area contributed by atoms with Crippen molar-refractivity contribution in [2.45, 2.75) is 19.9 Å². The molecule has 20 heavy (non-hydrogen) atoms. The number of nitrogens with two attached hydrogens (primary N) is 1. The molecule has 0 bridgehead atoms. The Bertz CT molecular complexity index is 641. The quantitative estimate of drug-likeness (QED) is 0.929. The highest BCUT2D eigenvalue weighted by Gasteiger charge is 2.20. The van der Waals surface area contributed by atoms with Gasteiger partial charge in [0.1, 0.15) is 17.4 Å². The van der Waals surface area contributed by atoms with Crippen LogP contribution in [0.5, 0.6) is 5.75 Å². The highest BCUT2D eigenvalue weighted by Crippen LogP contribution is 2.33. The number of methoxy groups -OCH3 is 1. The Balaban J connectivity index is 2.58. The lowest BCUT2D eigenvalue weighted by Crippen LogP contribution is -2.16. The molecular weight excluding hydrogens is 260 g/mol. The van der Waals surface area contributed by atoms with E-state index < -0.39 is 17.7 Å². The first-order valence-electron chi connectivity index (χ1n) is 6.29. The van der Waals surface area contributed by atoms with Gasteiger partial charge in [-0.2, -0.15) is 0 Å². The number of rotatable bonds is 3. The summed E-state index contributed by atoms with van der Waals surface area (Å²) in [7, 11) is 1.53. The van der Waals surface area contributed by atoms with Crippen LogP contribution in [0.15, 0.2) is 30.3 Å². The third-order valence-corrected chi connectivity index (χ3v) is 3.32. The average Bonchev–Trinajstić information content (AvgIpc) is 2.40. The first-order valence-corrected chi connectivity index (χ1v) is 6.29. The van der Waals surface area contributed by atoms with Crippen molar-refractivity contribution in [3.8, 4) is 5.75 Å². The molecule has 1 unspecified atom stereocenters. The Morgan fingerprint density at radius 1 is 1.10 bits per heavy atom. The Labute approximate surface area is 117 Å². The standard InChI is InChI=1S/C16H17F2NO/c1-9-6-10(2)15(14(7-9)20-3)16(19)12-8-11(17)4-5-13(12)18/h4-8,16H,19H2,1-3H3. The van der Waals surface area contributed by atoms with Gasteiger partial charge < -0.3 is 10.5 Å². The van der Waals surface area contributed by atoms with E-state index in [4.69, 9.17) is 10.5 Å². The molecule has 2 nitrogen and oxygen atoms in total. The van der Waals surface area contributed by atoms with Crippen LogP contribution in [0, 0.1) is 25.5 Å². The van der Waals surface area contributed by atoms with Crippen molar-refractivity contribution in [1.82, 2.24) is 0 Å². The van der Waals surface area contributed by atoms with Gasteiger partial charge in [-0.1, -0.05) is 6.07 Å². The van der Waals surface area contributed by atoms with E-state index in [9.17, 15) is 8.78 Å². The van der Waals surface area contributed by atoms with Crippen LogP contribution >= 0.6 is 0 Å². The van der Waals surface area contributed by atoms with Crippen LogP contribution < -0.4 is 10.5 Å². The van der Waals surface area contributed by atoms with Gasteiger partial charge in [-0.3, -0.25) is 0 Å². The van der Waals surface area contributed by atoms with E-state index in [1.165, 1.54) is 7.11 Å². The van der Waals surface area contributed by atoms with E-state index >= 15 is 0 Å². The van der Waals surface area contributed by atoms with Crippen molar-refractivity contribution in [2.24, 2.45) is 5.73 Å². The molecule has 0 aromatic heterocycles. The van der Waals surface area contributed by atoms with Gasteiger partial charge in [-0.05, 0) is 49.2 Å². The molecule has 2 N–H and O–H groups in total.